The minimum atomic E-state index is 0.693. The number of ether oxygens (including phenoxy) is 3. The Morgan fingerprint density at radius 2 is 0.586 bits per heavy atom. The number of halogens is 3. The maximum atomic E-state index is 6.85. The molecule has 0 N–H and O–H groups in total. The van der Waals surface area contributed by atoms with Crippen molar-refractivity contribution in [1.82, 2.24) is 0 Å². The van der Waals surface area contributed by atoms with Crippen molar-refractivity contribution < 1.29 is 14.2 Å². The lowest BCUT2D eigenvalue weighted by Crippen LogP contribution is -2.10. The van der Waals surface area contributed by atoms with Crippen molar-refractivity contribution in [3.05, 3.63) is 336 Å². The van der Waals surface area contributed by atoms with E-state index in [0.29, 0.717) is 10.0 Å². The molecule has 0 spiro atoms. The number of nitrogens with zero attached hydrogens (tertiary/aromatic N) is 2. The van der Waals surface area contributed by atoms with Crippen LogP contribution in [0.5, 0.6) is 34.5 Å². The van der Waals surface area contributed by atoms with Gasteiger partial charge in [0.25, 0.3) is 0 Å². The fourth-order valence-corrected chi connectivity index (χ4v) is 16.1. The molecule has 99 heavy (non-hydrogen) atoms. The van der Waals surface area contributed by atoms with E-state index < -0.39 is 0 Å². The normalized spacial score (nSPS) is 12.1. The summed E-state index contributed by atoms with van der Waals surface area (Å²) < 4.78 is 20.4. The quantitative estimate of drug-likeness (QED) is 0.142. The molecule has 18 aromatic carbocycles. The maximum Gasteiger partial charge on any atom is 0.138 e. The first-order chi connectivity index (χ1) is 48.7. The third kappa shape index (κ3) is 9.88. The topological polar surface area (TPSA) is 34.2 Å². The summed E-state index contributed by atoms with van der Waals surface area (Å²) in [6.45, 7) is 2.15. The molecule has 5 nitrogen and oxygen atoms in total. The number of hydrogen-bond acceptors (Lipinski definition) is 5. The van der Waals surface area contributed by atoms with Gasteiger partial charge in [-0.25, -0.2) is 0 Å². The number of benzene rings is 18. The van der Waals surface area contributed by atoms with Gasteiger partial charge in [-0.15, -0.1) is 0 Å². The van der Waals surface area contributed by atoms with Gasteiger partial charge in [0, 0.05) is 110 Å². The summed E-state index contributed by atoms with van der Waals surface area (Å²) in [5.74, 6) is 5.26. The van der Waals surface area contributed by atoms with E-state index in [1.54, 1.807) is 0 Å². The average Bonchev–Trinajstić information content (AvgIpc) is 0.726. The standard InChI is InChI=1S/C48H32N2O.C24H12BrClO.C19H11ClO/c1-5-14-36(15-6-1)49(37-16-7-2-8-17-37)40-28-26-33(27-29-40)43-31-35-25-24-34-30-41(50(38-18-9-3-10-19-38)39-20-11-4-12-21-39)32-45-46(34)47(35)48-42(43)22-13-23-44(48)51-45;25-16-8-6-13(7-9-16)19-11-15-5-4-14-10-17(26)12-21-22(14)23(15)24-18(19)2-1-3-20(24)27-21;1-10-7-11-5-6-12-8-13(20)9-16-17(12)18(11)19-14(10)3-2-4-15(19)21-16/h1-32H;1-12H;2-9H,1H3. The van der Waals surface area contributed by atoms with Crippen LogP contribution in [0.4, 0.5) is 34.1 Å². The molecule has 0 atom stereocenters. The smallest absolute Gasteiger partial charge is 0.138 e. The SMILES string of the molecule is Cc1cc2ccc3cc(Cl)cc4c3c2c2c(cccc12)O4.Clc1cc2c3c(ccc4cc(-c5ccc(Br)cc5)c5cccc(c5c43)O2)c1.c1ccc(N(c2ccccc2)c2ccc(-c3cc4ccc5cc(N(c6ccccc6)c6ccccc6)cc6c5c4c4c(cccc34)O6)cc2)cc1. The van der Waals surface area contributed by atoms with Crippen LogP contribution in [-0.2, 0) is 0 Å². The van der Waals surface area contributed by atoms with Gasteiger partial charge >= 0.3 is 0 Å². The average molecular weight is 1380 g/mol. The molecule has 0 saturated carbocycles. The lowest BCUT2D eigenvalue weighted by Gasteiger charge is -2.28. The summed E-state index contributed by atoms with van der Waals surface area (Å²) in [5.41, 5.74) is 12.7. The highest BCUT2D eigenvalue weighted by molar-refractivity contribution is 9.10. The molecule has 8 heteroatoms. The molecular formula is C91H55BrCl2N2O3. The fourth-order valence-electron chi connectivity index (χ4n) is 15.4. The number of rotatable bonds is 8. The Morgan fingerprint density at radius 1 is 0.253 bits per heavy atom. The van der Waals surface area contributed by atoms with Crippen LogP contribution >= 0.6 is 39.1 Å². The minimum Gasteiger partial charge on any atom is -0.456 e. The zero-order valence-electron chi connectivity index (χ0n) is 53.3. The highest BCUT2D eigenvalue weighted by Crippen LogP contribution is 2.54. The van der Waals surface area contributed by atoms with Crippen LogP contribution in [0.3, 0.4) is 0 Å². The number of hydrogen-bond donors (Lipinski definition) is 0. The van der Waals surface area contributed by atoms with E-state index in [2.05, 4.69) is 306 Å². The van der Waals surface area contributed by atoms with Gasteiger partial charge in [-0.3, -0.25) is 0 Å². The van der Waals surface area contributed by atoms with Gasteiger partial charge in [-0.1, -0.05) is 215 Å². The van der Waals surface area contributed by atoms with Gasteiger partial charge < -0.3 is 24.0 Å². The van der Waals surface area contributed by atoms with Gasteiger partial charge in [-0.2, -0.15) is 0 Å². The lowest BCUT2D eigenvalue weighted by atomic mass is 9.88. The van der Waals surface area contributed by atoms with E-state index in [1.807, 2.05) is 42.5 Å². The Hall–Kier alpha value is -11.6. The zero-order chi connectivity index (χ0) is 66.0. The van der Waals surface area contributed by atoms with E-state index in [9.17, 15) is 0 Å². The molecule has 468 valence electrons. The van der Waals surface area contributed by atoms with Crippen LogP contribution < -0.4 is 24.0 Å². The largest absolute Gasteiger partial charge is 0.456 e. The summed E-state index contributed by atoms with van der Waals surface area (Å²) in [7, 11) is 0. The predicted octanol–water partition coefficient (Wildman–Crippen LogP) is 28.4. The molecule has 0 aliphatic carbocycles. The monoisotopic (exact) mass is 1370 g/mol. The highest BCUT2D eigenvalue weighted by Gasteiger charge is 2.27. The summed E-state index contributed by atoms with van der Waals surface area (Å²) in [6, 6.07) is 111. The molecule has 0 bridgehead atoms. The Bertz CT molecular complexity index is 6280. The highest BCUT2D eigenvalue weighted by atomic mass is 79.9. The molecular weight excluding hydrogens is 1320 g/mol. The van der Waals surface area contributed by atoms with Crippen molar-refractivity contribution in [1.29, 1.82) is 0 Å². The Labute approximate surface area is 589 Å². The van der Waals surface area contributed by atoms with Crippen LogP contribution in [-0.4, -0.2) is 0 Å². The maximum absolute atomic E-state index is 6.85. The lowest BCUT2D eigenvalue weighted by molar-refractivity contribution is 0.492. The van der Waals surface area contributed by atoms with Crippen LogP contribution in [0.15, 0.2) is 320 Å². The second-order valence-electron chi connectivity index (χ2n) is 25.5. The van der Waals surface area contributed by atoms with E-state index in [1.165, 1.54) is 92.5 Å². The summed E-state index contributed by atoms with van der Waals surface area (Å²) in [6.07, 6.45) is 0. The van der Waals surface area contributed by atoms with E-state index in [-0.39, 0.29) is 0 Å². The van der Waals surface area contributed by atoms with Gasteiger partial charge in [0.15, 0.2) is 0 Å². The van der Waals surface area contributed by atoms with Crippen molar-refractivity contribution in [2.24, 2.45) is 0 Å². The van der Waals surface area contributed by atoms with Gasteiger partial charge in [0.1, 0.15) is 34.5 Å². The van der Waals surface area contributed by atoms with E-state index >= 15 is 0 Å². The minimum absolute atomic E-state index is 0.693. The van der Waals surface area contributed by atoms with Gasteiger partial charge in [0.05, 0.1) is 5.69 Å². The van der Waals surface area contributed by atoms with Crippen LogP contribution in [0.1, 0.15) is 5.56 Å². The molecule has 0 unspecified atom stereocenters. The van der Waals surface area contributed by atoms with E-state index in [0.717, 1.165) is 105 Å². The first-order valence-electron chi connectivity index (χ1n) is 33.1. The molecule has 3 aliphatic rings. The van der Waals surface area contributed by atoms with Crippen molar-refractivity contribution in [2.75, 3.05) is 9.80 Å². The van der Waals surface area contributed by atoms with Crippen LogP contribution in [0, 0.1) is 6.92 Å². The molecule has 0 radical (unpaired) electrons. The number of anilines is 6. The van der Waals surface area contributed by atoms with Crippen LogP contribution in [0.25, 0.3) is 119 Å². The molecule has 0 saturated heterocycles. The van der Waals surface area contributed by atoms with Crippen LogP contribution in [0.2, 0.25) is 10.0 Å². The summed E-state index contributed by atoms with van der Waals surface area (Å²) in [5, 5.41) is 22.9. The number of aryl methyl sites for hydroxylation is 1. The van der Waals surface area contributed by atoms with Crippen molar-refractivity contribution in [2.45, 2.75) is 6.92 Å². The van der Waals surface area contributed by atoms with Crippen molar-refractivity contribution in [3.8, 4) is 56.8 Å². The van der Waals surface area contributed by atoms with Gasteiger partial charge in [0.2, 0.25) is 0 Å². The van der Waals surface area contributed by atoms with Crippen molar-refractivity contribution in [3.63, 3.8) is 0 Å². The fraction of sp³-hybridized carbons (Fsp3) is 0.0110. The summed E-state index contributed by atoms with van der Waals surface area (Å²) >= 11 is 16.1. The Kier molecular flexibility index (Phi) is 14.0. The Morgan fingerprint density at radius 3 is 1.01 bits per heavy atom. The molecule has 3 heterocycles. The first-order valence-corrected chi connectivity index (χ1v) is 34.6. The number of para-hydroxylation sites is 4. The Balaban J connectivity index is 0.000000118. The second-order valence-corrected chi connectivity index (χ2v) is 27.3. The molecule has 0 fully saturated rings. The third-order valence-corrected chi connectivity index (χ3v) is 20.6. The summed E-state index contributed by atoms with van der Waals surface area (Å²) in [4.78, 5) is 4.59. The molecule has 3 aliphatic heterocycles. The molecule has 18 aromatic rings. The molecule has 0 aromatic heterocycles. The molecule has 21 rings (SSSR count). The second kappa shape index (κ2) is 23.6. The van der Waals surface area contributed by atoms with Crippen molar-refractivity contribution >= 4 is 170 Å². The molecule has 0 amide bonds. The third-order valence-electron chi connectivity index (χ3n) is 19.6. The predicted molar refractivity (Wildman–Crippen MR) is 420 cm³/mol. The zero-order valence-corrected chi connectivity index (χ0v) is 56.4. The van der Waals surface area contributed by atoms with Gasteiger partial charge in [-0.05, 0) is 205 Å². The van der Waals surface area contributed by atoms with E-state index in [4.69, 9.17) is 37.4 Å². The first kappa shape index (κ1) is 58.7.